The van der Waals surface area contributed by atoms with Gasteiger partial charge in [0.05, 0.1) is 6.10 Å². The van der Waals surface area contributed by atoms with Crippen LogP contribution in [0.1, 0.15) is 47.0 Å². The first-order chi connectivity index (χ1) is 7.24. The average molecular weight is 213 g/mol. The largest absolute Gasteiger partial charge is 0.376 e. The van der Waals surface area contributed by atoms with Gasteiger partial charge in [0.25, 0.3) is 0 Å². The van der Waals surface area contributed by atoms with Crippen molar-refractivity contribution in [3.8, 4) is 0 Å². The smallest absolute Gasteiger partial charge is 0.0756 e. The van der Waals surface area contributed by atoms with Gasteiger partial charge in [-0.05, 0) is 24.8 Å². The van der Waals surface area contributed by atoms with Gasteiger partial charge in [0.1, 0.15) is 0 Å². The summed E-state index contributed by atoms with van der Waals surface area (Å²) in [5, 5.41) is 3.63. The second kappa shape index (κ2) is 6.49. The predicted octanol–water partition coefficient (Wildman–Crippen LogP) is 2.83. The molecule has 0 bridgehead atoms. The fourth-order valence-corrected chi connectivity index (χ4v) is 2.76. The molecule has 90 valence electrons. The maximum absolute atomic E-state index is 5.90. The van der Waals surface area contributed by atoms with E-state index in [1.165, 1.54) is 19.3 Å². The summed E-state index contributed by atoms with van der Waals surface area (Å²) < 4.78 is 5.90. The normalized spacial score (nSPS) is 28.6. The minimum Gasteiger partial charge on any atom is -0.376 e. The van der Waals surface area contributed by atoms with Crippen LogP contribution in [0.4, 0.5) is 0 Å². The van der Waals surface area contributed by atoms with E-state index in [-0.39, 0.29) is 0 Å². The van der Waals surface area contributed by atoms with Crippen LogP contribution in [0.15, 0.2) is 0 Å². The van der Waals surface area contributed by atoms with Crippen LogP contribution in [0.2, 0.25) is 0 Å². The molecule has 1 heterocycles. The fraction of sp³-hybridized carbons (Fsp3) is 1.00. The van der Waals surface area contributed by atoms with Crippen molar-refractivity contribution >= 4 is 0 Å². The summed E-state index contributed by atoms with van der Waals surface area (Å²) >= 11 is 0. The Morgan fingerprint density at radius 3 is 2.33 bits per heavy atom. The summed E-state index contributed by atoms with van der Waals surface area (Å²) in [6.07, 6.45) is 4.17. The Bertz CT molecular complexity index is 168. The van der Waals surface area contributed by atoms with Crippen molar-refractivity contribution in [1.29, 1.82) is 0 Å². The molecule has 0 saturated carbocycles. The maximum Gasteiger partial charge on any atom is 0.0756 e. The molecule has 0 aromatic heterocycles. The summed E-state index contributed by atoms with van der Waals surface area (Å²) in [5.74, 6) is 1.48. The number of ether oxygens (including phenoxy) is 1. The second-order valence-electron chi connectivity index (χ2n) is 4.76. The van der Waals surface area contributed by atoms with Gasteiger partial charge < -0.3 is 10.1 Å². The van der Waals surface area contributed by atoms with Crippen LogP contribution in [0.5, 0.6) is 0 Å². The summed E-state index contributed by atoms with van der Waals surface area (Å²) in [6.45, 7) is 11.1. The lowest BCUT2D eigenvalue weighted by atomic mass is 9.85. The summed E-state index contributed by atoms with van der Waals surface area (Å²) in [6, 6.07) is 0.558. The first-order valence-corrected chi connectivity index (χ1v) is 6.59. The topological polar surface area (TPSA) is 21.3 Å². The minimum absolute atomic E-state index is 0.440. The molecule has 2 nitrogen and oxygen atoms in total. The Labute approximate surface area is 94.8 Å². The van der Waals surface area contributed by atoms with E-state index in [4.69, 9.17) is 4.74 Å². The molecule has 0 aromatic rings. The van der Waals surface area contributed by atoms with Gasteiger partial charge in [-0.3, -0.25) is 0 Å². The molecule has 0 aromatic carbocycles. The lowest BCUT2D eigenvalue weighted by Gasteiger charge is -2.33. The number of hydrogen-bond donors (Lipinski definition) is 1. The van der Waals surface area contributed by atoms with Crippen molar-refractivity contribution in [1.82, 2.24) is 5.32 Å². The van der Waals surface area contributed by atoms with Gasteiger partial charge in [0.15, 0.2) is 0 Å². The highest BCUT2D eigenvalue weighted by atomic mass is 16.5. The van der Waals surface area contributed by atoms with Crippen molar-refractivity contribution in [3.63, 3.8) is 0 Å². The zero-order valence-electron chi connectivity index (χ0n) is 10.8. The van der Waals surface area contributed by atoms with E-state index in [9.17, 15) is 0 Å². The molecule has 0 amide bonds. The van der Waals surface area contributed by atoms with Crippen molar-refractivity contribution in [2.75, 3.05) is 13.2 Å². The maximum atomic E-state index is 5.90. The summed E-state index contributed by atoms with van der Waals surface area (Å²) in [5.41, 5.74) is 0. The van der Waals surface area contributed by atoms with Gasteiger partial charge in [0, 0.05) is 12.6 Å². The summed E-state index contributed by atoms with van der Waals surface area (Å²) in [7, 11) is 0. The molecular weight excluding hydrogens is 186 g/mol. The van der Waals surface area contributed by atoms with Crippen LogP contribution in [-0.4, -0.2) is 25.3 Å². The third-order valence-corrected chi connectivity index (χ3v) is 3.79. The molecule has 1 N–H and O–H groups in total. The van der Waals surface area contributed by atoms with E-state index < -0.39 is 0 Å². The van der Waals surface area contributed by atoms with E-state index in [1.54, 1.807) is 0 Å². The van der Waals surface area contributed by atoms with Gasteiger partial charge in [0.2, 0.25) is 0 Å². The first-order valence-electron chi connectivity index (χ1n) is 6.59. The van der Waals surface area contributed by atoms with Crippen LogP contribution in [0, 0.1) is 11.8 Å². The molecule has 0 aliphatic carbocycles. The summed E-state index contributed by atoms with van der Waals surface area (Å²) in [4.78, 5) is 0. The minimum atomic E-state index is 0.440. The lowest BCUT2D eigenvalue weighted by molar-refractivity contribution is 0.0395. The predicted molar refractivity (Wildman–Crippen MR) is 65.1 cm³/mol. The number of likely N-dealkylation sites (N-methyl/N-ethyl adjacent to an activating group) is 1. The second-order valence-corrected chi connectivity index (χ2v) is 4.76. The van der Waals surface area contributed by atoms with Crippen LogP contribution in [0.3, 0.4) is 0 Å². The van der Waals surface area contributed by atoms with Crippen molar-refractivity contribution in [2.24, 2.45) is 11.8 Å². The zero-order chi connectivity index (χ0) is 11.3. The third kappa shape index (κ3) is 3.18. The number of nitrogens with one attached hydrogen (secondary N) is 1. The SMILES string of the molecule is CCNC(C(CC)CC)C1OCCC1C. The number of hydrogen-bond acceptors (Lipinski definition) is 2. The average Bonchev–Trinajstić information content (AvgIpc) is 2.65. The highest BCUT2D eigenvalue weighted by molar-refractivity contribution is 4.88. The van der Waals surface area contributed by atoms with Gasteiger partial charge >= 0.3 is 0 Å². The van der Waals surface area contributed by atoms with E-state index in [0.717, 1.165) is 25.0 Å². The highest BCUT2D eigenvalue weighted by Gasteiger charge is 2.34. The molecule has 15 heavy (non-hydrogen) atoms. The van der Waals surface area contributed by atoms with E-state index >= 15 is 0 Å². The van der Waals surface area contributed by atoms with Crippen molar-refractivity contribution in [3.05, 3.63) is 0 Å². The first kappa shape index (κ1) is 13.0. The Hall–Kier alpha value is -0.0800. The van der Waals surface area contributed by atoms with Crippen LogP contribution >= 0.6 is 0 Å². The molecule has 3 atom stereocenters. The number of rotatable bonds is 6. The molecule has 1 saturated heterocycles. The van der Waals surface area contributed by atoms with Crippen molar-refractivity contribution < 1.29 is 4.74 Å². The lowest BCUT2D eigenvalue weighted by Crippen LogP contribution is -2.47. The molecule has 1 aliphatic rings. The highest BCUT2D eigenvalue weighted by Crippen LogP contribution is 2.28. The third-order valence-electron chi connectivity index (χ3n) is 3.79. The van der Waals surface area contributed by atoms with Crippen molar-refractivity contribution in [2.45, 2.75) is 59.1 Å². The fourth-order valence-electron chi connectivity index (χ4n) is 2.76. The molecular formula is C13H27NO. The van der Waals surface area contributed by atoms with E-state index in [2.05, 4.69) is 33.0 Å². The van der Waals surface area contributed by atoms with Crippen LogP contribution in [0.25, 0.3) is 0 Å². The molecule has 1 aliphatic heterocycles. The molecule has 1 fully saturated rings. The van der Waals surface area contributed by atoms with Gasteiger partial charge in [-0.15, -0.1) is 0 Å². The molecule has 3 unspecified atom stereocenters. The Morgan fingerprint density at radius 2 is 1.93 bits per heavy atom. The van der Waals surface area contributed by atoms with E-state index in [1.807, 2.05) is 0 Å². The zero-order valence-corrected chi connectivity index (χ0v) is 10.8. The molecule has 0 radical (unpaired) electrons. The van der Waals surface area contributed by atoms with Crippen LogP contribution < -0.4 is 5.32 Å². The molecule has 1 rings (SSSR count). The molecule has 2 heteroatoms. The Balaban J connectivity index is 2.62. The molecule has 0 spiro atoms. The van der Waals surface area contributed by atoms with Gasteiger partial charge in [-0.1, -0.05) is 40.5 Å². The Kier molecular flexibility index (Phi) is 5.62. The quantitative estimate of drug-likeness (QED) is 0.732. The van der Waals surface area contributed by atoms with E-state index in [0.29, 0.717) is 12.1 Å². The van der Waals surface area contributed by atoms with Gasteiger partial charge in [-0.25, -0.2) is 0 Å². The standard InChI is InChI=1S/C13H27NO/c1-5-11(6-2)12(14-7-3)13-10(4)8-9-15-13/h10-14H,5-9H2,1-4H3. The van der Waals surface area contributed by atoms with Gasteiger partial charge in [-0.2, -0.15) is 0 Å². The Morgan fingerprint density at radius 1 is 1.27 bits per heavy atom. The monoisotopic (exact) mass is 213 g/mol. The van der Waals surface area contributed by atoms with Crippen LogP contribution in [-0.2, 0) is 4.74 Å².